The molecular weight excluding hydrogens is 154 g/mol. The second kappa shape index (κ2) is 6.40. The van der Waals surface area contributed by atoms with Gasteiger partial charge in [0.2, 0.25) is 0 Å². The maximum Gasteiger partial charge on any atom is 0.0639 e. The first-order chi connectivity index (χ1) is 5.57. The minimum Gasteiger partial charge on any atom is -0.392 e. The third-order valence-electron chi connectivity index (χ3n) is 1.81. The fraction of sp³-hybridized carbons (Fsp3) is 1.00. The molecule has 0 aromatic carbocycles. The van der Waals surface area contributed by atoms with Crippen LogP contribution < -0.4 is 0 Å². The van der Waals surface area contributed by atoms with E-state index in [0.29, 0.717) is 6.04 Å². The van der Waals surface area contributed by atoms with Gasteiger partial charge in [-0.1, -0.05) is 0 Å². The van der Waals surface area contributed by atoms with Crippen LogP contribution in [0, 0.1) is 0 Å². The lowest BCUT2D eigenvalue weighted by Crippen LogP contribution is -2.38. The highest BCUT2D eigenvalue weighted by molar-refractivity contribution is 4.64. The van der Waals surface area contributed by atoms with Gasteiger partial charge in [-0.15, -0.1) is 0 Å². The van der Waals surface area contributed by atoms with Crippen LogP contribution in [-0.2, 0) is 4.74 Å². The first kappa shape index (κ1) is 11.9. The maximum absolute atomic E-state index is 9.19. The highest BCUT2D eigenvalue weighted by Gasteiger charge is 2.10. The summed E-state index contributed by atoms with van der Waals surface area (Å²) in [5, 5.41) is 9.19. The van der Waals surface area contributed by atoms with Crippen LogP contribution in [0.5, 0.6) is 0 Å². The Kier molecular flexibility index (Phi) is 6.34. The van der Waals surface area contributed by atoms with Crippen molar-refractivity contribution in [2.24, 2.45) is 0 Å². The van der Waals surface area contributed by atoms with E-state index in [1.807, 2.05) is 6.92 Å². The van der Waals surface area contributed by atoms with E-state index in [2.05, 4.69) is 18.7 Å². The van der Waals surface area contributed by atoms with Crippen molar-refractivity contribution in [2.45, 2.75) is 32.9 Å². The topological polar surface area (TPSA) is 32.7 Å². The average molecular weight is 175 g/mol. The molecule has 0 saturated heterocycles. The zero-order chi connectivity index (χ0) is 9.56. The number of methoxy groups -OCH3 is 1. The van der Waals surface area contributed by atoms with Gasteiger partial charge >= 0.3 is 0 Å². The van der Waals surface area contributed by atoms with Crippen molar-refractivity contribution in [3.05, 3.63) is 0 Å². The average Bonchev–Trinajstić information content (AvgIpc) is 1.96. The van der Waals surface area contributed by atoms with Crippen molar-refractivity contribution in [3.8, 4) is 0 Å². The predicted octanol–water partition coefficient (Wildman–Crippen LogP) is 0.724. The molecule has 0 spiro atoms. The molecule has 0 radical (unpaired) electrons. The molecule has 0 heterocycles. The largest absolute Gasteiger partial charge is 0.392 e. The van der Waals surface area contributed by atoms with Gasteiger partial charge in [-0.05, 0) is 20.8 Å². The highest BCUT2D eigenvalue weighted by Crippen LogP contribution is 1.99. The van der Waals surface area contributed by atoms with Gasteiger partial charge < -0.3 is 9.84 Å². The van der Waals surface area contributed by atoms with Gasteiger partial charge in [-0.3, -0.25) is 4.90 Å². The van der Waals surface area contributed by atoms with Gasteiger partial charge in [-0.2, -0.15) is 0 Å². The number of hydrogen-bond donors (Lipinski definition) is 1. The molecule has 0 aliphatic heterocycles. The van der Waals surface area contributed by atoms with Crippen LogP contribution >= 0.6 is 0 Å². The van der Waals surface area contributed by atoms with E-state index in [1.165, 1.54) is 0 Å². The third-order valence-corrected chi connectivity index (χ3v) is 1.81. The van der Waals surface area contributed by atoms with Crippen LogP contribution in [0.1, 0.15) is 20.8 Å². The molecular formula is C9H21NO2. The van der Waals surface area contributed by atoms with E-state index >= 15 is 0 Å². The molecule has 0 aromatic rings. The fourth-order valence-corrected chi connectivity index (χ4v) is 1.11. The summed E-state index contributed by atoms with van der Waals surface area (Å²) in [6.07, 6.45) is -0.260. The van der Waals surface area contributed by atoms with Gasteiger partial charge in [0.15, 0.2) is 0 Å². The van der Waals surface area contributed by atoms with Crippen molar-refractivity contribution in [1.82, 2.24) is 4.90 Å². The van der Waals surface area contributed by atoms with E-state index in [0.717, 1.165) is 19.7 Å². The van der Waals surface area contributed by atoms with Gasteiger partial charge in [0.25, 0.3) is 0 Å². The van der Waals surface area contributed by atoms with E-state index < -0.39 is 0 Å². The minimum absolute atomic E-state index is 0.260. The Labute approximate surface area is 75.3 Å². The van der Waals surface area contributed by atoms with Gasteiger partial charge in [0.1, 0.15) is 0 Å². The summed E-state index contributed by atoms with van der Waals surface area (Å²) >= 11 is 0. The summed E-state index contributed by atoms with van der Waals surface area (Å²) < 4.78 is 4.98. The lowest BCUT2D eigenvalue weighted by molar-refractivity contribution is 0.0805. The first-order valence-electron chi connectivity index (χ1n) is 4.49. The van der Waals surface area contributed by atoms with E-state index in [-0.39, 0.29) is 6.10 Å². The molecule has 0 saturated carbocycles. The fourth-order valence-electron chi connectivity index (χ4n) is 1.11. The molecule has 0 amide bonds. The standard InChI is InChI=1S/C9H21NO2/c1-8(2)10(5-6-12-4)7-9(3)11/h8-9,11H,5-7H2,1-4H3/t9-/m1/s1. The van der Waals surface area contributed by atoms with Gasteiger partial charge in [0, 0.05) is 26.2 Å². The Hall–Kier alpha value is -0.120. The Morgan fingerprint density at radius 2 is 1.92 bits per heavy atom. The molecule has 0 fully saturated rings. The third kappa shape index (κ3) is 5.52. The monoisotopic (exact) mass is 175 g/mol. The van der Waals surface area contributed by atoms with Crippen molar-refractivity contribution in [3.63, 3.8) is 0 Å². The normalized spacial score (nSPS) is 14.2. The maximum atomic E-state index is 9.19. The Balaban J connectivity index is 3.70. The molecule has 3 nitrogen and oxygen atoms in total. The first-order valence-corrected chi connectivity index (χ1v) is 4.49. The van der Waals surface area contributed by atoms with Crippen molar-refractivity contribution >= 4 is 0 Å². The Bertz CT molecular complexity index is 105. The summed E-state index contributed by atoms with van der Waals surface area (Å²) in [6.45, 7) is 8.39. The molecule has 0 aliphatic rings. The van der Waals surface area contributed by atoms with Crippen LogP contribution in [0.4, 0.5) is 0 Å². The summed E-state index contributed by atoms with van der Waals surface area (Å²) in [4.78, 5) is 2.20. The minimum atomic E-state index is -0.260. The zero-order valence-corrected chi connectivity index (χ0v) is 8.58. The molecule has 0 aliphatic carbocycles. The molecule has 0 unspecified atom stereocenters. The lowest BCUT2D eigenvalue weighted by Gasteiger charge is -2.27. The van der Waals surface area contributed by atoms with Crippen molar-refractivity contribution < 1.29 is 9.84 Å². The number of rotatable bonds is 6. The number of aliphatic hydroxyl groups is 1. The smallest absolute Gasteiger partial charge is 0.0639 e. The molecule has 0 rings (SSSR count). The quantitative estimate of drug-likeness (QED) is 0.646. The van der Waals surface area contributed by atoms with E-state index in [1.54, 1.807) is 7.11 Å². The van der Waals surface area contributed by atoms with E-state index in [4.69, 9.17) is 4.74 Å². The predicted molar refractivity (Wildman–Crippen MR) is 50.3 cm³/mol. The van der Waals surface area contributed by atoms with Crippen molar-refractivity contribution in [2.75, 3.05) is 26.8 Å². The summed E-state index contributed by atoms with van der Waals surface area (Å²) in [5.74, 6) is 0. The zero-order valence-electron chi connectivity index (χ0n) is 8.58. The van der Waals surface area contributed by atoms with Crippen molar-refractivity contribution in [1.29, 1.82) is 0 Å². The second-order valence-corrected chi connectivity index (χ2v) is 3.43. The van der Waals surface area contributed by atoms with Gasteiger partial charge in [-0.25, -0.2) is 0 Å². The summed E-state index contributed by atoms with van der Waals surface area (Å²) in [7, 11) is 1.70. The van der Waals surface area contributed by atoms with Crippen LogP contribution in [-0.4, -0.2) is 49.0 Å². The Morgan fingerprint density at radius 3 is 2.25 bits per heavy atom. The van der Waals surface area contributed by atoms with E-state index in [9.17, 15) is 5.11 Å². The SMILES string of the molecule is COCCN(C[C@@H](C)O)C(C)C. The number of aliphatic hydroxyl groups excluding tert-OH is 1. The molecule has 1 atom stereocenters. The highest BCUT2D eigenvalue weighted by atomic mass is 16.5. The van der Waals surface area contributed by atoms with Crippen LogP contribution in [0.25, 0.3) is 0 Å². The summed E-state index contributed by atoms with van der Waals surface area (Å²) in [6, 6.07) is 0.467. The lowest BCUT2D eigenvalue weighted by atomic mass is 10.2. The number of hydrogen-bond acceptors (Lipinski definition) is 3. The molecule has 0 aromatic heterocycles. The molecule has 0 bridgehead atoms. The van der Waals surface area contributed by atoms with Crippen LogP contribution in [0.2, 0.25) is 0 Å². The molecule has 1 N–H and O–H groups in total. The summed E-state index contributed by atoms with van der Waals surface area (Å²) in [5.41, 5.74) is 0. The Morgan fingerprint density at radius 1 is 1.33 bits per heavy atom. The molecule has 3 heteroatoms. The molecule has 74 valence electrons. The second-order valence-electron chi connectivity index (χ2n) is 3.43. The number of nitrogens with zero attached hydrogens (tertiary/aromatic N) is 1. The van der Waals surface area contributed by atoms with Crippen LogP contribution in [0.15, 0.2) is 0 Å². The number of ether oxygens (including phenoxy) is 1. The molecule has 12 heavy (non-hydrogen) atoms. The van der Waals surface area contributed by atoms with Crippen LogP contribution in [0.3, 0.4) is 0 Å². The van der Waals surface area contributed by atoms with Gasteiger partial charge in [0.05, 0.1) is 12.7 Å².